The quantitative estimate of drug-likeness (QED) is 0.733. The number of hydrogen-bond donors (Lipinski definition) is 1. The van der Waals surface area contributed by atoms with E-state index in [1.54, 1.807) is 16.9 Å². The summed E-state index contributed by atoms with van der Waals surface area (Å²) in [6, 6.07) is 7.22. The van der Waals surface area contributed by atoms with Crippen molar-refractivity contribution in [2.75, 3.05) is 57.8 Å². The van der Waals surface area contributed by atoms with Crippen molar-refractivity contribution in [3.05, 3.63) is 24.3 Å². The zero-order valence-electron chi connectivity index (χ0n) is 15.3. The van der Waals surface area contributed by atoms with Crippen LogP contribution in [-0.4, -0.2) is 74.7 Å². The van der Waals surface area contributed by atoms with E-state index in [4.69, 9.17) is 4.74 Å². The summed E-state index contributed by atoms with van der Waals surface area (Å²) in [5.74, 6) is 0.636. The smallest absolute Gasteiger partial charge is 0.325 e. The zero-order valence-corrected chi connectivity index (χ0v) is 15.3. The van der Waals surface area contributed by atoms with Gasteiger partial charge in [-0.1, -0.05) is 13.8 Å². The molecule has 7 heteroatoms. The average Bonchev–Trinajstić information content (AvgIpc) is 2.99. The number of nitrogens with one attached hydrogen (secondary N) is 1. The Kier molecular flexibility index (Phi) is 7.06. The summed E-state index contributed by atoms with van der Waals surface area (Å²) < 4.78 is 5.13. The van der Waals surface area contributed by atoms with Gasteiger partial charge in [0.25, 0.3) is 0 Å². The Morgan fingerprint density at radius 2 is 1.88 bits per heavy atom. The van der Waals surface area contributed by atoms with Crippen LogP contribution in [0.2, 0.25) is 0 Å². The normalized spacial score (nSPS) is 14.3. The first-order chi connectivity index (χ1) is 12.1. The monoisotopic (exact) mass is 348 g/mol. The van der Waals surface area contributed by atoms with Crippen LogP contribution in [0.15, 0.2) is 24.3 Å². The highest BCUT2D eigenvalue weighted by molar-refractivity contribution is 5.96. The first-order valence-corrected chi connectivity index (χ1v) is 8.78. The molecule has 3 amide bonds. The van der Waals surface area contributed by atoms with Crippen molar-refractivity contribution >= 4 is 17.6 Å². The Bertz CT molecular complexity index is 572. The van der Waals surface area contributed by atoms with Crippen LogP contribution in [0.4, 0.5) is 10.5 Å². The molecule has 1 aromatic rings. The van der Waals surface area contributed by atoms with Gasteiger partial charge in [0.15, 0.2) is 0 Å². The molecule has 25 heavy (non-hydrogen) atoms. The minimum Gasteiger partial charge on any atom is -0.497 e. The van der Waals surface area contributed by atoms with Crippen LogP contribution in [0, 0.1) is 0 Å². The molecule has 2 rings (SSSR count). The van der Waals surface area contributed by atoms with Crippen molar-refractivity contribution in [3.63, 3.8) is 0 Å². The molecule has 1 aliphatic rings. The van der Waals surface area contributed by atoms with E-state index in [1.807, 2.05) is 24.3 Å². The van der Waals surface area contributed by atoms with Gasteiger partial charge in [-0.15, -0.1) is 0 Å². The zero-order chi connectivity index (χ0) is 18.2. The van der Waals surface area contributed by atoms with Gasteiger partial charge in [0.2, 0.25) is 5.91 Å². The van der Waals surface area contributed by atoms with Crippen LogP contribution in [0.25, 0.3) is 0 Å². The van der Waals surface area contributed by atoms with E-state index in [0.717, 1.165) is 31.1 Å². The topological polar surface area (TPSA) is 65.1 Å². The minimum absolute atomic E-state index is 0.101. The summed E-state index contributed by atoms with van der Waals surface area (Å²) in [6.45, 7) is 8.79. The second kappa shape index (κ2) is 9.27. The number of rotatable bonds is 9. The fourth-order valence-electron chi connectivity index (χ4n) is 2.85. The molecule has 138 valence electrons. The average molecular weight is 348 g/mol. The van der Waals surface area contributed by atoms with E-state index in [9.17, 15) is 9.59 Å². The number of hydrogen-bond acceptors (Lipinski definition) is 4. The van der Waals surface area contributed by atoms with Gasteiger partial charge in [-0.2, -0.15) is 0 Å². The molecule has 1 saturated heterocycles. The number of amides is 3. The molecule has 7 nitrogen and oxygen atoms in total. The third-order valence-electron chi connectivity index (χ3n) is 4.46. The van der Waals surface area contributed by atoms with E-state index >= 15 is 0 Å². The van der Waals surface area contributed by atoms with Gasteiger partial charge in [0, 0.05) is 31.9 Å². The Morgan fingerprint density at radius 1 is 1.20 bits per heavy atom. The largest absolute Gasteiger partial charge is 0.497 e. The fourth-order valence-corrected chi connectivity index (χ4v) is 2.85. The maximum absolute atomic E-state index is 12.5. The molecule has 0 bridgehead atoms. The Hall–Kier alpha value is -2.28. The predicted molar refractivity (Wildman–Crippen MR) is 98.1 cm³/mol. The predicted octanol–water partition coefficient (Wildman–Crippen LogP) is 1.40. The number of carbonyl (C=O) groups is 2. The number of methoxy groups -OCH3 is 1. The van der Waals surface area contributed by atoms with Gasteiger partial charge < -0.3 is 19.9 Å². The molecule has 1 aromatic carbocycles. The summed E-state index contributed by atoms with van der Waals surface area (Å²) in [6.07, 6.45) is 0. The molecular formula is C18H28N4O3. The minimum atomic E-state index is -0.135. The molecule has 0 atom stereocenters. The van der Waals surface area contributed by atoms with E-state index < -0.39 is 0 Å². The fraction of sp³-hybridized carbons (Fsp3) is 0.556. The summed E-state index contributed by atoms with van der Waals surface area (Å²) in [5, 5.41) is 2.89. The number of benzene rings is 1. The molecule has 0 spiro atoms. The van der Waals surface area contributed by atoms with E-state index in [1.165, 1.54) is 0 Å². The lowest BCUT2D eigenvalue weighted by Gasteiger charge is -2.20. The lowest BCUT2D eigenvalue weighted by Crippen LogP contribution is -2.42. The van der Waals surface area contributed by atoms with Crippen LogP contribution in [0.1, 0.15) is 13.8 Å². The molecule has 0 aliphatic carbocycles. The highest BCUT2D eigenvalue weighted by Crippen LogP contribution is 2.22. The number of urea groups is 1. The lowest BCUT2D eigenvalue weighted by molar-refractivity contribution is -0.121. The summed E-state index contributed by atoms with van der Waals surface area (Å²) in [4.78, 5) is 30.1. The first-order valence-electron chi connectivity index (χ1n) is 8.78. The highest BCUT2D eigenvalue weighted by Gasteiger charge is 2.30. The second-order valence-electron chi connectivity index (χ2n) is 5.93. The molecule has 1 aliphatic heterocycles. The highest BCUT2D eigenvalue weighted by atomic mass is 16.5. The summed E-state index contributed by atoms with van der Waals surface area (Å²) in [7, 11) is 1.61. The van der Waals surface area contributed by atoms with E-state index in [-0.39, 0.29) is 18.5 Å². The van der Waals surface area contributed by atoms with E-state index in [2.05, 4.69) is 24.1 Å². The van der Waals surface area contributed by atoms with Crippen molar-refractivity contribution in [1.29, 1.82) is 0 Å². The van der Waals surface area contributed by atoms with Gasteiger partial charge in [-0.3, -0.25) is 9.69 Å². The maximum atomic E-state index is 12.5. The van der Waals surface area contributed by atoms with Crippen LogP contribution < -0.4 is 15.0 Å². The second-order valence-corrected chi connectivity index (χ2v) is 5.93. The third kappa shape index (κ3) is 5.09. The molecule has 1 fully saturated rings. The van der Waals surface area contributed by atoms with Crippen molar-refractivity contribution in [3.8, 4) is 5.75 Å². The van der Waals surface area contributed by atoms with Gasteiger partial charge in [-0.25, -0.2) is 4.79 Å². The SMILES string of the molecule is CCN(CC)CCNC(=O)CN1CCN(c2ccc(OC)cc2)C1=O. The summed E-state index contributed by atoms with van der Waals surface area (Å²) in [5.41, 5.74) is 0.815. The molecule has 0 radical (unpaired) electrons. The van der Waals surface area contributed by atoms with E-state index in [0.29, 0.717) is 19.6 Å². The molecule has 1 heterocycles. The molecular weight excluding hydrogens is 320 g/mol. The van der Waals surface area contributed by atoms with Crippen LogP contribution in [0.5, 0.6) is 5.75 Å². The standard InChI is InChI=1S/C18H28N4O3/c1-4-20(5-2)11-10-19-17(23)14-21-12-13-22(18(21)24)15-6-8-16(25-3)9-7-15/h6-9H,4-5,10-14H2,1-3H3,(H,19,23). The van der Waals surface area contributed by atoms with Gasteiger partial charge >= 0.3 is 6.03 Å². The number of anilines is 1. The number of nitrogens with zero attached hydrogens (tertiary/aromatic N) is 3. The van der Waals surface area contributed by atoms with Crippen molar-refractivity contribution in [2.24, 2.45) is 0 Å². The Morgan fingerprint density at radius 3 is 2.48 bits per heavy atom. The van der Waals surface area contributed by atoms with Gasteiger partial charge in [-0.05, 0) is 37.4 Å². The maximum Gasteiger partial charge on any atom is 0.325 e. The van der Waals surface area contributed by atoms with Crippen LogP contribution in [-0.2, 0) is 4.79 Å². The summed E-state index contributed by atoms with van der Waals surface area (Å²) >= 11 is 0. The third-order valence-corrected chi connectivity index (χ3v) is 4.46. The molecule has 0 saturated carbocycles. The van der Waals surface area contributed by atoms with Crippen molar-refractivity contribution in [1.82, 2.24) is 15.1 Å². The number of ether oxygens (including phenoxy) is 1. The van der Waals surface area contributed by atoms with Crippen molar-refractivity contribution < 1.29 is 14.3 Å². The van der Waals surface area contributed by atoms with Gasteiger partial charge in [0.1, 0.15) is 12.3 Å². The Labute approximate surface area is 149 Å². The molecule has 1 N–H and O–H groups in total. The van der Waals surface area contributed by atoms with Crippen molar-refractivity contribution in [2.45, 2.75) is 13.8 Å². The Balaban J connectivity index is 1.81. The van der Waals surface area contributed by atoms with Crippen LogP contribution >= 0.6 is 0 Å². The number of carbonyl (C=O) groups excluding carboxylic acids is 2. The molecule has 0 aromatic heterocycles. The number of likely N-dealkylation sites (N-methyl/N-ethyl adjacent to an activating group) is 1. The van der Waals surface area contributed by atoms with Gasteiger partial charge in [0.05, 0.1) is 7.11 Å². The van der Waals surface area contributed by atoms with Crippen LogP contribution in [0.3, 0.4) is 0 Å². The lowest BCUT2D eigenvalue weighted by atomic mass is 10.3. The first kappa shape index (κ1) is 19.1. The molecule has 0 unspecified atom stereocenters.